The van der Waals surface area contributed by atoms with E-state index in [1.54, 1.807) is 0 Å². The van der Waals surface area contributed by atoms with Crippen molar-refractivity contribution in [3.8, 4) is 0 Å². The summed E-state index contributed by atoms with van der Waals surface area (Å²) >= 11 is 5.23. The number of halogens is 1. The summed E-state index contributed by atoms with van der Waals surface area (Å²) in [6.45, 7) is 0.288. The van der Waals surface area contributed by atoms with E-state index >= 15 is 0 Å². The van der Waals surface area contributed by atoms with Gasteiger partial charge in [-0.3, -0.25) is 8.98 Å². The van der Waals surface area contributed by atoms with Gasteiger partial charge in [0.25, 0.3) is 10.1 Å². The lowest BCUT2D eigenvalue weighted by Crippen LogP contribution is -2.03. The minimum absolute atomic E-state index is 0.249. The monoisotopic (exact) mass is 298 g/mol. The van der Waals surface area contributed by atoms with Crippen molar-refractivity contribution in [3.63, 3.8) is 0 Å². The Morgan fingerprint density at radius 2 is 1.39 bits per heavy atom. The molecule has 4 nitrogen and oxygen atoms in total. The Morgan fingerprint density at radius 3 is 1.83 bits per heavy atom. The highest BCUT2D eigenvalue weighted by Gasteiger charge is 2.00. The lowest BCUT2D eigenvalue weighted by atomic mass is 10.1. The van der Waals surface area contributed by atoms with Crippen LogP contribution in [0, 0.1) is 0 Å². The topological polar surface area (TPSA) is 60.4 Å². The molecule has 0 heterocycles. The van der Waals surface area contributed by atoms with Crippen molar-refractivity contribution in [1.82, 2.24) is 0 Å². The molecule has 0 aliphatic rings. The summed E-state index contributed by atoms with van der Waals surface area (Å²) < 4.78 is 26.0. The van der Waals surface area contributed by atoms with Crippen LogP contribution >= 0.6 is 11.6 Å². The molecular formula is C12H23ClO4S. The number of unbranched alkanes of at least 4 members (excludes halogenated alkanes) is 7. The summed E-state index contributed by atoms with van der Waals surface area (Å²) in [5.74, 6) is 0. The smallest absolute Gasteiger partial charge is 0.264 e. The molecule has 0 aliphatic carbocycles. The normalized spacial score (nSPS) is 11.7. The van der Waals surface area contributed by atoms with Gasteiger partial charge in [-0.25, -0.2) is 0 Å². The standard InChI is InChI=1S/C12H23ClO4S/c1-18(15,16)17-11-9-7-5-3-2-4-6-8-10-12(13)14/h2-11H2,1H3. The average Bonchev–Trinajstić information content (AvgIpc) is 2.24. The Labute approximate surface area is 115 Å². The zero-order valence-electron chi connectivity index (χ0n) is 11.0. The first-order chi connectivity index (χ1) is 8.42. The number of hydrogen-bond donors (Lipinski definition) is 0. The molecule has 0 bridgehead atoms. The number of hydrogen-bond acceptors (Lipinski definition) is 4. The minimum atomic E-state index is -3.28. The third kappa shape index (κ3) is 15.9. The van der Waals surface area contributed by atoms with E-state index in [0.717, 1.165) is 57.6 Å². The van der Waals surface area contributed by atoms with Crippen molar-refractivity contribution >= 4 is 27.0 Å². The highest BCUT2D eigenvalue weighted by molar-refractivity contribution is 7.85. The first-order valence-corrected chi connectivity index (χ1v) is 8.64. The highest BCUT2D eigenvalue weighted by atomic mass is 35.5. The summed E-state index contributed by atoms with van der Waals surface area (Å²) in [5.41, 5.74) is 0. The van der Waals surface area contributed by atoms with Crippen LogP contribution in [-0.2, 0) is 19.1 Å². The van der Waals surface area contributed by atoms with Crippen LogP contribution in [0.4, 0.5) is 0 Å². The molecule has 0 amide bonds. The summed E-state index contributed by atoms with van der Waals surface area (Å²) in [6.07, 6.45) is 9.79. The van der Waals surface area contributed by atoms with Gasteiger partial charge in [0.15, 0.2) is 0 Å². The highest BCUT2D eigenvalue weighted by Crippen LogP contribution is 2.10. The van der Waals surface area contributed by atoms with Crippen LogP contribution < -0.4 is 0 Å². The molecule has 0 aromatic carbocycles. The summed E-state index contributed by atoms with van der Waals surface area (Å²) in [7, 11) is -3.28. The van der Waals surface area contributed by atoms with E-state index in [0.29, 0.717) is 6.42 Å². The minimum Gasteiger partial charge on any atom is -0.281 e. The van der Waals surface area contributed by atoms with Gasteiger partial charge in [0, 0.05) is 6.42 Å². The molecule has 18 heavy (non-hydrogen) atoms. The van der Waals surface area contributed by atoms with E-state index in [1.807, 2.05) is 0 Å². The summed E-state index contributed by atoms with van der Waals surface area (Å²) in [5, 5.41) is -0.249. The molecule has 0 atom stereocenters. The zero-order chi connectivity index (χ0) is 13.9. The van der Waals surface area contributed by atoms with Crippen LogP contribution in [0.25, 0.3) is 0 Å². The van der Waals surface area contributed by atoms with Crippen molar-refractivity contribution in [2.75, 3.05) is 12.9 Å². The van der Waals surface area contributed by atoms with Gasteiger partial charge in [-0.15, -0.1) is 0 Å². The number of rotatable bonds is 12. The third-order valence-corrected chi connectivity index (χ3v) is 3.35. The van der Waals surface area contributed by atoms with E-state index in [9.17, 15) is 13.2 Å². The van der Waals surface area contributed by atoms with Crippen molar-refractivity contribution in [2.45, 2.75) is 57.8 Å². The molecule has 0 N–H and O–H groups in total. The average molecular weight is 299 g/mol. The van der Waals surface area contributed by atoms with Crippen LogP contribution in [0.2, 0.25) is 0 Å². The predicted molar refractivity (Wildman–Crippen MR) is 73.2 cm³/mol. The van der Waals surface area contributed by atoms with E-state index < -0.39 is 10.1 Å². The van der Waals surface area contributed by atoms with Crippen LogP contribution in [0.3, 0.4) is 0 Å². The maximum Gasteiger partial charge on any atom is 0.264 e. The van der Waals surface area contributed by atoms with Crippen LogP contribution in [0.15, 0.2) is 0 Å². The van der Waals surface area contributed by atoms with Gasteiger partial charge in [0.05, 0.1) is 12.9 Å². The fourth-order valence-corrected chi connectivity index (χ4v) is 2.19. The second-order valence-electron chi connectivity index (χ2n) is 4.46. The quantitative estimate of drug-likeness (QED) is 0.315. The molecule has 0 radical (unpaired) electrons. The molecule has 0 fully saturated rings. The molecule has 6 heteroatoms. The molecule has 108 valence electrons. The van der Waals surface area contributed by atoms with Crippen molar-refractivity contribution in [1.29, 1.82) is 0 Å². The molecule has 0 unspecified atom stereocenters. The van der Waals surface area contributed by atoms with E-state index in [1.165, 1.54) is 0 Å². The molecule has 0 aromatic rings. The predicted octanol–water partition coefficient (Wildman–Crippen LogP) is 3.24. The fraction of sp³-hybridized carbons (Fsp3) is 0.917. The molecule has 0 saturated heterocycles. The lowest BCUT2D eigenvalue weighted by molar-refractivity contribution is -0.111. The maximum atomic E-state index is 10.7. The molecule has 0 rings (SSSR count). The van der Waals surface area contributed by atoms with Crippen LogP contribution in [0.5, 0.6) is 0 Å². The van der Waals surface area contributed by atoms with Gasteiger partial charge in [0.1, 0.15) is 0 Å². The van der Waals surface area contributed by atoms with Crippen molar-refractivity contribution < 1.29 is 17.4 Å². The zero-order valence-corrected chi connectivity index (χ0v) is 12.6. The molecule has 0 aliphatic heterocycles. The maximum absolute atomic E-state index is 10.7. The second-order valence-corrected chi connectivity index (χ2v) is 6.53. The summed E-state index contributed by atoms with van der Waals surface area (Å²) in [4.78, 5) is 10.5. The Morgan fingerprint density at radius 1 is 0.944 bits per heavy atom. The Bertz CT molecular complexity index is 314. The Balaban J connectivity index is 3.10. The molecule has 0 spiro atoms. The van der Waals surface area contributed by atoms with E-state index in [-0.39, 0.29) is 11.8 Å². The SMILES string of the molecule is CS(=O)(=O)OCCCCCCCCCCC(=O)Cl. The van der Waals surface area contributed by atoms with Gasteiger partial charge < -0.3 is 0 Å². The van der Waals surface area contributed by atoms with Crippen molar-refractivity contribution in [2.24, 2.45) is 0 Å². The number of carbonyl (C=O) groups is 1. The first-order valence-electron chi connectivity index (χ1n) is 6.44. The van der Waals surface area contributed by atoms with Gasteiger partial charge in [0.2, 0.25) is 5.24 Å². The Kier molecular flexibility index (Phi) is 10.7. The van der Waals surface area contributed by atoms with Crippen LogP contribution in [-0.4, -0.2) is 26.5 Å². The number of carbonyl (C=O) groups excluding carboxylic acids is 1. The Hall–Kier alpha value is -0.130. The lowest BCUT2D eigenvalue weighted by Gasteiger charge is -2.02. The third-order valence-electron chi connectivity index (χ3n) is 2.57. The molecule has 0 aromatic heterocycles. The second kappa shape index (κ2) is 10.8. The van der Waals surface area contributed by atoms with Gasteiger partial charge in [-0.1, -0.05) is 38.5 Å². The largest absolute Gasteiger partial charge is 0.281 e. The van der Waals surface area contributed by atoms with E-state index in [4.69, 9.17) is 11.6 Å². The first kappa shape index (κ1) is 17.9. The van der Waals surface area contributed by atoms with Crippen LogP contribution in [0.1, 0.15) is 57.8 Å². The van der Waals surface area contributed by atoms with E-state index in [2.05, 4.69) is 4.18 Å². The molecule has 0 saturated carbocycles. The van der Waals surface area contributed by atoms with Gasteiger partial charge in [-0.2, -0.15) is 8.42 Å². The van der Waals surface area contributed by atoms with Gasteiger partial charge >= 0.3 is 0 Å². The molecular weight excluding hydrogens is 276 g/mol. The van der Waals surface area contributed by atoms with Crippen molar-refractivity contribution in [3.05, 3.63) is 0 Å². The summed E-state index contributed by atoms with van der Waals surface area (Å²) in [6, 6.07) is 0. The fourth-order valence-electron chi connectivity index (χ4n) is 1.64. The van der Waals surface area contributed by atoms with Gasteiger partial charge in [-0.05, 0) is 24.4 Å².